The fourth-order valence-electron chi connectivity index (χ4n) is 3.57. The number of aryl methyl sites for hydroxylation is 1. The number of nitrogens with zero attached hydrogens (tertiary/aromatic N) is 3. The molecular weight excluding hydrogens is 357 g/mol. The van der Waals surface area contributed by atoms with E-state index in [1.54, 1.807) is 0 Å². The van der Waals surface area contributed by atoms with Gasteiger partial charge in [0.15, 0.2) is 5.76 Å². The third-order valence-corrected chi connectivity index (χ3v) is 5.19. The molecule has 3 aromatic rings. The number of anilines is 1. The lowest BCUT2D eigenvalue weighted by atomic mass is 10.2. The summed E-state index contributed by atoms with van der Waals surface area (Å²) in [6.45, 7) is 8.57. The predicted octanol–water partition coefficient (Wildman–Crippen LogP) is 3.03. The first-order chi connectivity index (χ1) is 13.7. The third kappa shape index (κ3) is 4.43. The van der Waals surface area contributed by atoms with Crippen LogP contribution in [0.25, 0.3) is 11.5 Å². The van der Waals surface area contributed by atoms with Gasteiger partial charge in [0.2, 0.25) is 0 Å². The number of piperazine rings is 1. The van der Waals surface area contributed by atoms with E-state index in [9.17, 15) is 4.39 Å². The first-order valence-electron chi connectivity index (χ1n) is 9.72. The standard InChI is InChI=1S/C21H26FN5O/c1-16-2-7-20(28-16)21-17(15-24-25-21)14-23-8-9-26-10-12-27(13-11-26)19-5-3-18(22)4-6-19/h2-7,15,23H,8-14H2,1H3,(H,24,25). The van der Waals surface area contributed by atoms with Crippen molar-refractivity contribution in [2.45, 2.75) is 13.5 Å². The van der Waals surface area contributed by atoms with Crippen LogP contribution in [-0.4, -0.2) is 54.4 Å². The fraction of sp³-hybridized carbons (Fsp3) is 0.381. The Hall–Kier alpha value is -2.64. The monoisotopic (exact) mass is 383 g/mol. The molecule has 0 atom stereocenters. The molecule has 148 valence electrons. The molecule has 1 saturated heterocycles. The molecule has 0 radical (unpaired) electrons. The van der Waals surface area contributed by atoms with Crippen molar-refractivity contribution in [3.05, 3.63) is 59.7 Å². The van der Waals surface area contributed by atoms with E-state index in [4.69, 9.17) is 4.42 Å². The SMILES string of the molecule is Cc1ccc(-c2[nH]ncc2CNCCN2CCN(c3ccc(F)cc3)CC2)o1. The molecule has 3 heterocycles. The highest BCUT2D eigenvalue weighted by atomic mass is 19.1. The van der Waals surface area contributed by atoms with Gasteiger partial charge in [-0.15, -0.1) is 0 Å². The van der Waals surface area contributed by atoms with Crippen LogP contribution in [0.4, 0.5) is 10.1 Å². The van der Waals surface area contributed by atoms with E-state index < -0.39 is 0 Å². The number of aromatic amines is 1. The van der Waals surface area contributed by atoms with Crippen LogP contribution in [0.1, 0.15) is 11.3 Å². The van der Waals surface area contributed by atoms with Crippen molar-refractivity contribution in [1.82, 2.24) is 20.4 Å². The van der Waals surface area contributed by atoms with Gasteiger partial charge in [-0.2, -0.15) is 5.10 Å². The molecule has 0 amide bonds. The van der Waals surface area contributed by atoms with E-state index >= 15 is 0 Å². The maximum Gasteiger partial charge on any atom is 0.152 e. The Bertz CT molecular complexity index is 880. The second-order valence-electron chi connectivity index (χ2n) is 7.16. The molecule has 0 unspecified atom stereocenters. The highest BCUT2D eigenvalue weighted by Crippen LogP contribution is 2.23. The van der Waals surface area contributed by atoms with Gasteiger partial charge < -0.3 is 14.6 Å². The zero-order valence-electron chi connectivity index (χ0n) is 16.1. The summed E-state index contributed by atoms with van der Waals surface area (Å²) in [5.74, 6) is 1.53. The number of halogens is 1. The maximum absolute atomic E-state index is 13.1. The first-order valence-corrected chi connectivity index (χ1v) is 9.72. The van der Waals surface area contributed by atoms with Gasteiger partial charge in [0.25, 0.3) is 0 Å². The highest BCUT2D eigenvalue weighted by Gasteiger charge is 2.17. The molecule has 0 saturated carbocycles. The molecule has 6 nitrogen and oxygen atoms in total. The normalized spacial score (nSPS) is 15.3. The van der Waals surface area contributed by atoms with E-state index in [-0.39, 0.29) is 5.82 Å². The summed E-state index contributed by atoms with van der Waals surface area (Å²) in [6, 6.07) is 10.7. The Morgan fingerprint density at radius 3 is 2.61 bits per heavy atom. The Labute approximate surface area is 164 Å². The van der Waals surface area contributed by atoms with Crippen LogP contribution in [0.5, 0.6) is 0 Å². The minimum Gasteiger partial charge on any atom is -0.460 e. The number of hydrogen-bond acceptors (Lipinski definition) is 5. The molecule has 2 aromatic heterocycles. The molecule has 0 aliphatic carbocycles. The molecule has 1 aliphatic rings. The van der Waals surface area contributed by atoms with Crippen LogP contribution in [0.15, 0.2) is 47.0 Å². The molecule has 4 rings (SSSR count). The van der Waals surface area contributed by atoms with Crippen molar-refractivity contribution < 1.29 is 8.81 Å². The summed E-state index contributed by atoms with van der Waals surface area (Å²) in [6.07, 6.45) is 1.85. The van der Waals surface area contributed by atoms with E-state index in [0.29, 0.717) is 0 Å². The van der Waals surface area contributed by atoms with Gasteiger partial charge in [0, 0.05) is 57.1 Å². The van der Waals surface area contributed by atoms with E-state index in [0.717, 1.165) is 74.3 Å². The Balaban J connectivity index is 1.20. The molecular formula is C21H26FN5O. The molecule has 0 bridgehead atoms. The molecule has 0 spiro atoms. The lowest BCUT2D eigenvalue weighted by Crippen LogP contribution is -2.48. The smallest absolute Gasteiger partial charge is 0.152 e. The quantitative estimate of drug-likeness (QED) is 0.614. The number of hydrogen-bond donors (Lipinski definition) is 2. The number of furan rings is 1. The van der Waals surface area contributed by atoms with Gasteiger partial charge in [-0.05, 0) is 43.3 Å². The van der Waals surface area contributed by atoms with Crippen LogP contribution in [-0.2, 0) is 6.54 Å². The summed E-state index contributed by atoms with van der Waals surface area (Å²) in [5.41, 5.74) is 3.14. The summed E-state index contributed by atoms with van der Waals surface area (Å²) in [4.78, 5) is 4.77. The summed E-state index contributed by atoms with van der Waals surface area (Å²) >= 11 is 0. The number of rotatable bonds is 7. The number of H-pyrrole nitrogens is 1. The van der Waals surface area contributed by atoms with Crippen LogP contribution in [0.3, 0.4) is 0 Å². The summed E-state index contributed by atoms with van der Waals surface area (Å²) < 4.78 is 18.8. The molecule has 1 aliphatic heterocycles. The van der Waals surface area contributed by atoms with Crippen molar-refractivity contribution in [2.75, 3.05) is 44.2 Å². The van der Waals surface area contributed by atoms with Gasteiger partial charge in [-0.25, -0.2) is 4.39 Å². The zero-order valence-corrected chi connectivity index (χ0v) is 16.1. The van der Waals surface area contributed by atoms with E-state index in [1.807, 2.05) is 37.4 Å². The van der Waals surface area contributed by atoms with Crippen molar-refractivity contribution in [1.29, 1.82) is 0 Å². The summed E-state index contributed by atoms with van der Waals surface area (Å²) in [7, 11) is 0. The lowest BCUT2D eigenvalue weighted by molar-refractivity contribution is 0.257. The number of nitrogens with one attached hydrogen (secondary N) is 2. The van der Waals surface area contributed by atoms with Crippen LogP contribution in [0.2, 0.25) is 0 Å². The molecule has 7 heteroatoms. The van der Waals surface area contributed by atoms with Gasteiger partial charge >= 0.3 is 0 Å². The maximum atomic E-state index is 13.1. The largest absolute Gasteiger partial charge is 0.460 e. The van der Waals surface area contributed by atoms with Crippen LogP contribution >= 0.6 is 0 Å². The number of benzene rings is 1. The summed E-state index contributed by atoms with van der Waals surface area (Å²) in [5, 5.41) is 10.7. The second-order valence-corrected chi connectivity index (χ2v) is 7.16. The molecule has 28 heavy (non-hydrogen) atoms. The Morgan fingerprint density at radius 2 is 1.89 bits per heavy atom. The van der Waals surface area contributed by atoms with Crippen molar-refractivity contribution >= 4 is 5.69 Å². The third-order valence-electron chi connectivity index (χ3n) is 5.19. The second kappa shape index (κ2) is 8.58. The van der Waals surface area contributed by atoms with Gasteiger partial charge in [-0.3, -0.25) is 10.00 Å². The molecule has 1 fully saturated rings. The Kier molecular flexibility index (Phi) is 5.73. The fourth-order valence-corrected chi connectivity index (χ4v) is 3.57. The average Bonchev–Trinajstić information content (AvgIpc) is 3.35. The molecule has 1 aromatic carbocycles. The minimum absolute atomic E-state index is 0.184. The number of aromatic nitrogens is 2. The van der Waals surface area contributed by atoms with Gasteiger partial charge in [0.05, 0.1) is 6.20 Å². The van der Waals surface area contributed by atoms with E-state index in [2.05, 4.69) is 25.3 Å². The Morgan fingerprint density at radius 1 is 1.11 bits per heavy atom. The zero-order chi connectivity index (χ0) is 19.3. The van der Waals surface area contributed by atoms with Crippen molar-refractivity contribution in [2.24, 2.45) is 0 Å². The van der Waals surface area contributed by atoms with Gasteiger partial charge in [-0.1, -0.05) is 0 Å². The van der Waals surface area contributed by atoms with E-state index in [1.165, 1.54) is 12.1 Å². The lowest BCUT2D eigenvalue weighted by Gasteiger charge is -2.36. The minimum atomic E-state index is -0.184. The first kappa shape index (κ1) is 18.7. The van der Waals surface area contributed by atoms with Gasteiger partial charge in [0.1, 0.15) is 17.3 Å². The highest BCUT2D eigenvalue weighted by molar-refractivity contribution is 5.56. The van der Waals surface area contributed by atoms with Crippen molar-refractivity contribution in [3.8, 4) is 11.5 Å². The van der Waals surface area contributed by atoms with Crippen LogP contribution in [0, 0.1) is 12.7 Å². The van der Waals surface area contributed by atoms with Crippen LogP contribution < -0.4 is 10.2 Å². The molecule has 2 N–H and O–H groups in total. The van der Waals surface area contributed by atoms with Crippen molar-refractivity contribution in [3.63, 3.8) is 0 Å². The topological polar surface area (TPSA) is 60.3 Å². The average molecular weight is 383 g/mol. The predicted molar refractivity (Wildman–Crippen MR) is 108 cm³/mol.